The Bertz CT molecular complexity index is 800. The zero-order valence-corrected chi connectivity index (χ0v) is 15.7. The van der Waals surface area contributed by atoms with Crippen LogP contribution in [0.5, 0.6) is 0 Å². The maximum Gasteiger partial charge on any atom is 0.317 e. The van der Waals surface area contributed by atoms with Crippen LogP contribution in [-0.2, 0) is 4.74 Å². The van der Waals surface area contributed by atoms with Crippen molar-refractivity contribution in [1.29, 1.82) is 0 Å². The molecule has 2 aromatic carbocycles. The van der Waals surface area contributed by atoms with Gasteiger partial charge < -0.3 is 15.0 Å². The molecule has 2 amide bonds. The van der Waals surface area contributed by atoms with Crippen LogP contribution in [0.2, 0.25) is 0 Å². The van der Waals surface area contributed by atoms with Crippen molar-refractivity contribution in [3.05, 3.63) is 71.6 Å². The molecule has 1 aliphatic heterocycles. The minimum Gasteiger partial charge on any atom is -0.377 e. The second-order valence-electron chi connectivity index (χ2n) is 6.86. The number of hydrogen-bond donors (Lipinski definition) is 1. The normalized spacial score (nSPS) is 15.0. The molecule has 3 rings (SSSR count). The van der Waals surface area contributed by atoms with Crippen LogP contribution in [-0.4, -0.2) is 37.7 Å². The van der Waals surface area contributed by atoms with Gasteiger partial charge in [0.1, 0.15) is 5.82 Å². The zero-order valence-electron chi connectivity index (χ0n) is 15.7. The molecule has 0 spiro atoms. The van der Waals surface area contributed by atoms with E-state index in [9.17, 15) is 9.18 Å². The van der Waals surface area contributed by atoms with Crippen molar-refractivity contribution in [2.45, 2.75) is 19.4 Å². The van der Waals surface area contributed by atoms with E-state index in [0.29, 0.717) is 13.2 Å². The van der Waals surface area contributed by atoms with Crippen LogP contribution in [0.3, 0.4) is 0 Å². The quantitative estimate of drug-likeness (QED) is 0.787. The minimum absolute atomic E-state index is 0.112. The number of carbonyl (C=O) groups excluding carboxylic acids is 1. The van der Waals surface area contributed by atoms with E-state index in [4.69, 9.17) is 4.74 Å². The minimum atomic E-state index is -0.244. The van der Waals surface area contributed by atoms with Crippen molar-refractivity contribution >= 4 is 6.03 Å². The number of ether oxygens (including phenoxy) is 1. The molecule has 27 heavy (non-hydrogen) atoms. The highest BCUT2D eigenvalue weighted by Crippen LogP contribution is 2.22. The summed E-state index contributed by atoms with van der Waals surface area (Å²) in [6, 6.07) is 14.1. The van der Waals surface area contributed by atoms with E-state index in [-0.39, 0.29) is 17.9 Å². The molecule has 1 unspecified atom stereocenters. The Balaban J connectivity index is 1.58. The summed E-state index contributed by atoms with van der Waals surface area (Å²) in [6.07, 6.45) is 3.05. The Morgan fingerprint density at radius 2 is 1.78 bits per heavy atom. The lowest BCUT2D eigenvalue weighted by molar-refractivity contribution is 0.144. The van der Waals surface area contributed by atoms with Crippen LogP contribution in [0.15, 0.2) is 60.2 Å². The van der Waals surface area contributed by atoms with Crippen LogP contribution in [0.25, 0.3) is 11.1 Å². The van der Waals surface area contributed by atoms with E-state index in [1.807, 2.05) is 31.2 Å². The first kappa shape index (κ1) is 19.1. The van der Waals surface area contributed by atoms with Crippen LogP contribution in [0.4, 0.5) is 9.18 Å². The van der Waals surface area contributed by atoms with Gasteiger partial charge in [0.25, 0.3) is 0 Å². The molecule has 0 aromatic heterocycles. The number of nitrogens with zero attached hydrogens (tertiary/aromatic N) is 1. The number of likely N-dealkylation sites (N-methyl/N-ethyl adjacent to an activating group) is 1. The van der Waals surface area contributed by atoms with Gasteiger partial charge in [-0.2, -0.15) is 0 Å². The smallest absolute Gasteiger partial charge is 0.317 e. The number of halogens is 1. The van der Waals surface area contributed by atoms with Gasteiger partial charge in [-0.3, -0.25) is 0 Å². The number of nitrogens with one attached hydrogen (secondary N) is 1. The number of hydrogen-bond acceptors (Lipinski definition) is 2. The molecule has 1 heterocycles. The molecule has 1 aliphatic rings. The van der Waals surface area contributed by atoms with E-state index in [1.165, 1.54) is 12.1 Å². The highest BCUT2D eigenvalue weighted by molar-refractivity contribution is 5.74. The molecule has 0 saturated carbocycles. The third-order valence-corrected chi connectivity index (χ3v) is 4.70. The van der Waals surface area contributed by atoms with Gasteiger partial charge in [0.05, 0.1) is 19.3 Å². The first-order chi connectivity index (χ1) is 13.0. The molecule has 2 aromatic rings. The predicted molar refractivity (Wildman–Crippen MR) is 105 cm³/mol. The van der Waals surface area contributed by atoms with E-state index in [2.05, 4.69) is 11.4 Å². The summed E-state index contributed by atoms with van der Waals surface area (Å²) in [7, 11) is 1.79. The first-order valence-corrected chi connectivity index (χ1v) is 9.16. The van der Waals surface area contributed by atoms with Gasteiger partial charge in [-0.15, -0.1) is 0 Å². The summed E-state index contributed by atoms with van der Waals surface area (Å²) in [6.45, 7) is 3.88. The fourth-order valence-electron chi connectivity index (χ4n) is 3.08. The molecule has 0 bridgehead atoms. The Kier molecular flexibility index (Phi) is 6.24. The SMILES string of the molecule is CC(NC(=O)N(C)CC1=CCCOC1)c1ccc(-c2ccc(F)cc2)cc1. The van der Waals surface area contributed by atoms with Crippen LogP contribution in [0, 0.1) is 5.82 Å². The molecule has 4 nitrogen and oxygen atoms in total. The second kappa shape index (κ2) is 8.82. The average molecular weight is 368 g/mol. The molecule has 0 saturated heterocycles. The third-order valence-electron chi connectivity index (χ3n) is 4.70. The van der Waals surface area contributed by atoms with E-state index in [0.717, 1.165) is 35.3 Å². The fourth-order valence-corrected chi connectivity index (χ4v) is 3.08. The molecule has 1 N–H and O–H groups in total. The van der Waals surface area contributed by atoms with E-state index >= 15 is 0 Å². The van der Waals surface area contributed by atoms with Crippen molar-refractivity contribution < 1.29 is 13.9 Å². The monoisotopic (exact) mass is 368 g/mol. The highest BCUT2D eigenvalue weighted by Gasteiger charge is 2.15. The number of amides is 2. The topological polar surface area (TPSA) is 41.6 Å². The molecule has 0 fully saturated rings. The summed E-state index contributed by atoms with van der Waals surface area (Å²) in [5.41, 5.74) is 4.12. The molecule has 1 atom stereocenters. The summed E-state index contributed by atoms with van der Waals surface area (Å²) < 4.78 is 18.5. The maximum atomic E-state index is 13.1. The van der Waals surface area contributed by atoms with Gasteiger partial charge >= 0.3 is 6.03 Å². The van der Waals surface area contributed by atoms with Gasteiger partial charge in [0.15, 0.2) is 0 Å². The van der Waals surface area contributed by atoms with Gasteiger partial charge in [0, 0.05) is 13.6 Å². The fraction of sp³-hybridized carbons (Fsp3) is 0.318. The third kappa shape index (κ3) is 5.17. The van der Waals surface area contributed by atoms with Gasteiger partial charge in [-0.25, -0.2) is 9.18 Å². The number of urea groups is 1. The molecular weight excluding hydrogens is 343 g/mol. The van der Waals surface area contributed by atoms with Crippen LogP contribution >= 0.6 is 0 Å². The summed E-state index contributed by atoms with van der Waals surface area (Å²) >= 11 is 0. The highest BCUT2D eigenvalue weighted by atomic mass is 19.1. The Labute approximate surface area is 159 Å². The summed E-state index contributed by atoms with van der Waals surface area (Å²) in [5.74, 6) is -0.244. The number of rotatable bonds is 5. The van der Waals surface area contributed by atoms with Gasteiger partial charge in [-0.1, -0.05) is 42.5 Å². The van der Waals surface area contributed by atoms with Crippen LogP contribution < -0.4 is 5.32 Å². The molecular formula is C22H25FN2O2. The lowest BCUT2D eigenvalue weighted by atomic mass is 10.0. The molecule has 5 heteroatoms. The largest absolute Gasteiger partial charge is 0.377 e. The van der Waals surface area contributed by atoms with Crippen molar-refractivity contribution in [2.75, 3.05) is 26.8 Å². The molecule has 0 radical (unpaired) electrons. The Morgan fingerprint density at radius 3 is 2.37 bits per heavy atom. The standard InChI is InChI=1S/C22H25FN2O2/c1-16(24-22(26)25(2)14-17-4-3-13-27-15-17)18-5-7-19(8-6-18)20-9-11-21(23)12-10-20/h4-12,16H,3,13-15H2,1-2H3,(H,24,26). The maximum absolute atomic E-state index is 13.1. The van der Waals surface area contributed by atoms with E-state index in [1.54, 1.807) is 24.1 Å². The lowest BCUT2D eigenvalue weighted by Crippen LogP contribution is -2.40. The molecule has 142 valence electrons. The Hall–Kier alpha value is -2.66. The summed E-state index contributed by atoms with van der Waals surface area (Å²) in [4.78, 5) is 14.1. The number of benzene rings is 2. The zero-order chi connectivity index (χ0) is 19.2. The second-order valence-corrected chi connectivity index (χ2v) is 6.86. The summed E-state index contributed by atoms with van der Waals surface area (Å²) in [5, 5.41) is 3.02. The first-order valence-electron chi connectivity index (χ1n) is 9.16. The van der Waals surface area contributed by atoms with Crippen molar-refractivity contribution in [1.82, 2.24) is 10.2 Å². The molecule has 0 aliphatic carbocycles. The van der Waals surface area contributed by atoms with E-state index < -0.39 is 0 Å². The van der Waals surface area contributed by atoms with Crippen molar-refractivity contribution in [3.8, 4) is 11.1 Å². The Morgan fingerprint density at radius 1 is 1.15 bits per heavy atom. The lowest BCUT2D eigenvalue weighted by Gasteiger charge is -2.24. The van der Waals surface area contributed by atoms with Crippen molar-refractivity contribution in [2.24, 2.45) is 0 Å². The van der Waals surface area contributed by atoms with Gasteiger partial charge in [0.2, 0.25) is 0 Å². The van der Waals surface area contributed by atoms with Gasteiger partial charge in [-0.05, 0) is 47.7 Å². The average Bonchev–Trinajstić information content (AvgIpc) is 2.69. The predicted octanol–water partition coefficient (Wildman–Crippen LogP) is 4.54. The van der Waals surface area contributed by atoms with Crippen LogP contribution in [0.1, 0.15) is 24.9 Å². The van der Waals surface area contributed by atoms with Crippen molar-refractivity contribution in [3.63, 3.8) is 0 Å². The number of carbonyl (C=O) groups is 1.